The summed E-state index contributed by atoms with van der Waals surface area (Å²) in [7, 11) is -4.10. The topological polar surface area (TPSA) is 0 Å². The van der Waals surface area contributed by atoms with Crippen molar-refractivity contribution in [1.29, 1.82) is 0 Å². The summed E-state index contributed by atoms with van der Waals surface area (Å²) in [5.74, 6) is 0. The van der Waals surface area contributed by atoms with Crippen molar-refractivity contribution >= 4 is 37.1 Å². The van der Waals surface area contributed by atoms with Crippen LogP contribution in [0.1, 0.15) is 29.2 Å². The SMILES string of the molecule is C[C@H](C1=CC=C/C1=C1\C=CC=C[C-]1P(c1ccccc1)c1ccccc1)P(c1cc(C(F)(F)F)cc(C(F)(F)F)c1)c1cc(C(F)(F)F)cc(C(F)(F)F)c1.[Fe+2].c1cc[cH-]c1. The molecule has 0 amide bonds. The second-order valence-corrected chi connectivity index (χ2v) is 18.2. The van der Waals surface area contributed by atoms with E-state index in [1.54, 1.807) is 24.3 Å². The van der Waals surface area contributed by atoms with Crippen molar-refractivity contribution in [2.75, 3.05) is 0 Å². The number of hydrogen-bond donors (Lipinski definition) is 0. The molecule has 0 unspecified atom stereocenters. The molecule has 0 aliphatic heterocycles. The molecule has 0 fully saturated rings. The molecule has 2 aliphatic rings. The average Bonchev–Trinajstić information content (AvgIpc) is 3.95. The predicted octanol–water partition coefficient (Wildman–Crippen LogP) is 13.6. The van der Waals surface area contributed by atoms with Crippen LogP contribution in [0, 0.1) is 5.66 Å². The zero-order valence-corrected chi connectivity index (χ0v) is 34.4. The van der Waals surface area contributed by atoms with E-state index in [9.17, 15) is 52.7 Å². The minimum atomic E-state index is -5.33. The number of hydrogen-bond acceptors (Lipinski definition) is 0. The van der Waals surface area contributed by atoms with Gasteiger partial charge in [0.25, 0.3) is 0 Å². The Morgan fingerprint density at radius 3 is 1.31 bits per heavy atom. The molecule has 61 heavy (non-hydrogen) atoms. The third-order valence-electron chi connectivity index (χ3n) is 9.41. The zero-order valence-electron chi connectivity index (χ0n) is 31.5. The van der Waals surface area contributed by atoms with Gasteiger partial charge in [-0.1, -0.05) is 111 Å². The van der Waals surface area contributed by atoms with E-state index in [1.165, 1.54) is 13.0 Å². The Morgan fingerprint density at radius 1 is 0.508 bits per heavy atom. The van der Waals surface area contributed by atoms with Crippen LogP contribution in [0.2, 0.25) is 0 Å². The first-order valence-corrected chi connectivity index (χ1v) is 20.8. The minimum absolute atomic E-state index is 0. The summed E-state index contributed by atoms with van der Waals surface area (Å²) >= 11 is 0. The zero-order chi connectivity index (χ0) is 43.5. The molecule has 5 aromatic carbocycles. The van der Waals surface area contributed by atoms with Gasteiger partial charge in [-0.2, -0.15) is 70.9 Å². The molecular weight excluding hydrogens is 898 g/mol. The number of rotatable bonds is 7. The summed E-state index contributed by atoms with van der Waals surface area (Å²) in [6.07, 6.45) is -9.33. The average molecular weight is 931 g/mol. The van der Waals surface area contributed by atoms with E-state index in [2.05, 4.69) is 0 Å². The summed E-state index contributed by atoms with van der Waals surface area (Å²) in [4.78, 5) is 0. The quantitative estimate of drug-likeness (QED) is 0.0660. The third kappa shape index (κ3) is 11.4. The van der Waals surface area contributed by atoms with Crippen molar-refractivity contribution in [1.82, 2.24) is 0 Å². The van der Waals surface area contributed by atoms with E-state index in [1.807, 2.05) is 103 Å². The van der Waals surface area contributed by atoms with Gasteiger partial charge in [-0.05, 0) is 65.5 Å². The first-order valence-electron chi connectivity index (χ1n) is 18.0. The van der Waals surface area contributed by atoms with Crippen LogP contribution in [-0.2, 0) is 41.8 Å². The molecule has 0 aromatic heterocycles. The van der Waals surface area contributed by atoms with Crippen molar-refractivity contribution in [3.8, 4) is 0 Å². The first-order chi connectivity index (χ1) is 28.2. The monoisotopic (exact) mass is 930 g/mol. The third-order valence-corrected chi connectivity index (χ3v) is 14.6. The van der Waals surface area contributed by atoms with E-state index >= 15 is 0 Å². The van der Waals surface area contributed by atoms with E-state index in [-0.39, 0.29) is 29.2 Å². The Morgan fingerprint density at radius 2 is 0.934 bits per heavy atom. The number of benzene rings is 4. The Balaban J connectivity index is 0.00000109. The standard InChI is InChI=1S/C41H27F12P2.C5H5.Fe/c1-25(34-16-10-17-35(34)36-15-8-9-18-37(36)55(30-11-4-2-5-12-30)31-13-6-3-7-14-31)54(32-21-26(38(42,43)44)19-27(22-32)39(45,46)47)33-23-28(40(48,49)50)20-29(24-33)41(51,52)53;1-2-4-5-3-1;/h2-25H,1H3;1-5H;/q2*-1;+2/b36-35-;;/t25-;;/m1../s1. The van der Waals surface area contributed by atoms with Crippen LogP contribution < -0.4 is 21.2 Å². The molecule has 15 heteroatoms. The van der Waals surface area contributed by atoms with Gasteiger partial charge in [0.1, 0.15) is 0 Å². The predicted molar refractivity (Wildman–Crippen MR) is 215 cm³/mol. The summed E-state index contributed by atoms with van der Waals surface area (Å²) < 4.78 is 170. The van der Waals surface area contributed by atoms with Crippen LogP contribution in [0.5, 0.6) is 0 Å². The second kappa shape index (κ2) is 19.2. The molecule has 7 rings (SSSR count). The van der Waals surface area contributed by atoms with Gasteiger partial charge in [-0.15, -0.1) is 29.9 Å². The first kappa shape index (κ1) is 47.4. The van der Waals surface area contributed by atoms with Crippen molar-refractivity contribution < 1.29 is 69.8 Å². The van der Waals surface area contributed by atoms with Crippen molar-refractivity contribution in [2.45, 2.75) is 37.3 Å². The normalized spacial score (nSPS) is 16.0. The fourth-order valence-corrected chi connectivity index (χ4v) is 12.0. The molecule has 5 aromatic rings. The molecule has 0 nitrogen and oxygen atoms in total. The minimum Gasteiger partial charge on any atom is -0.214 e. The molecule has 0 radical (unpaired) electrons. The largest absolute Gasteiger partial charge is 2.00 e. The van der Waals surface area contributed by atoms with Crippen molar-refractivity contribution in [2.24, 2.45) is 0 Å². The maximum atomic E-state index is 14.1. The Bertz CT molecular complexity index is 2210. The Kier molecular flexibility index (Phi) is 14.9. The number of alkyl halides is 12. The molecular formula is C46H32F12FeP2. The van der Waals surface area contributed by atoms with Gasteiger partial charge in [-0.25, -0.2) is 12.1 Å². The van der Waals surface area contributed by atoms with E-state index < -0.39 is 79.1 Å². The van der Waals surface area contributed by atoms with Gasteiger partial charge in [0.05, 0.1) is 22.3 Å². The van der Waals surface area contributed by atoms with Crippen molar-refractivity contribution in [3.05, 3.63) is 215 Å². The smallest absolute Gasteiger partial charge is 0.214 e. The molecule has 0 bridgehead atoms. The van der Waals surface area contributed by atoms with Crippen LogP contribution in [0.25, 0.3) is 0 Å². The van der Waals surface area contributed by atoms with Gasteiger partial charge in [0.2, 0.25) is 0 Å². The molecule has 2 aliphatic carbocycles. The second-order valence-electron chi connectivity index (χ2n) is 13.5. The molecule has 0 spiro atoms. The summed E-state index contributed by atoms with van der Waals surface area (Å²) in [5.41, 5.74) is -5.96. The molecule has 0 heterocycles. The van der Waals surface area contributed by atoms with Crippen LogP contribution in [0.4, 0.5) is 52.7 Å². The summed E-state index contributed by atoms with van der Waals surface area (Å²) in [6, 6.07) is 30.2. The van der Waals surface area contributed by atoms with Crippen LogP contribution >= 0.6 is 15.8 Å². The van der Waals surface area contributed by atoms with Gasteiger partial charge < -0.3 is 0 Å². The molecule has 0 saturated carbocycles. The van der Waals surface area contributed by atoms with Gasteiger partial charge >= 0.3 is 41.8 Å². The van der Waals surface area contributed by atoms with Gasteiger partial charge in [0, 0.05) is 5.66 Å². The number of halogens is 12. The van der Waals surface area contributed by atoms with E-state index in [4.69, 9.17) is 0 Å². The maximum absolute atomic E-state index is 14.1. The fourth-order valence-electron chi connectivity index (χ4n) is 6.73. The van der Waals surface area contributed by atoms with Crippen LogP contribution in [0.15, 0.2) is 187 Å². The number of allylic oxidation sites excluding steroid dienone is 10. The van der Waals surface area contributed by atoms with Crippen LogP contribution in [-0.4, -0.2) is 5.66 Å². The maximum Gasteiger partial charge on any atom is 2.00 e. The Hall–Kier alpha value is -4.66. The summed E-state index contributed by atoms with van der Waals surface area (Å²) in [5, 5.41) is 0.500. The van der Waals surface area contributed by atoms with Gasteiger partial charge in [-0.3, -0.25) is 0 Å². The fraction of sp³-hybridized carbons (Fsp3) is 0.130. The Labute approximate surface area is 357 Å². The molecule has 0 saturated heterocycles. The molecule has 318 valence electrons. The van der Waals surface area contributed by atoms with E-state index in [0.717, 1.165) is 16.3 Å². The van der Waals surface area contributed by atoms with Crippen molar-refractivity contribution in [3.63, 3.8) is 0 Å². The van der Waals surface area contributed by atoms with Gasteiger partial charge in [0.15, 0.2) is 0 Å². The summed E-state index contributed by atoms with van der Waals surface area (Å²) in [6.45, 7) is 1.39. The molecule has 0 N–H and O–H groups in total. The molecule has 1 atom stereocenters. The van der Waals surface area contributed by atoms with Crippen LogP contribution in [0.3, 0.4) is 0 Å². The van der Waals surface area contributed by atoms with E-state index in [0.29, 0.717) is 41.0 Å².